The van der Waals surface area contributed by atoms with Crippen LogP contribution in [0.3, 0.4) is 0 Å². The highest BCUT2D eigenvalue weighted by Gasteiger charge is 2.47. The number of carbonyl (C=O) groups is 18. The first kappa shape index (κ1) is 85.7. The Kier molecular flexibility index (Phi) is 34.9. The van der Waals surface area contributed by atoms with E-state index < -0.39 is 214 Å². The van der Waals surface area contributed by atoms with E-state index in [9.17, 15) is 153 Å². The van der Waals surface area contributed by atoms with E-state index in [0.29, 0.717) is 12.8 Å². The molecule has 0 saturated heterocycles. The Morgan fingerprint density at radius 1 is 0.175 bits per heavy atom. The minimum atomic E-state index is -3.12. The summed E-state index contributed by atoms with van der Waals surface area (Å²) in [6, 6.07) is 0. The van der Waals surface area contributed by atoms with Crippen LogP contribution in [0.5, 0.6) is 0 Å². The van der Waals surface area contributed by atoms with Gasteiger partial charge in [0, 0.05) is 0 Å². The molecule has 3 rings (SSSR count). The van der Waals surface area contributed by atoms with Gasteiger partial charge in [0.15, 0.2) is 0 Å². The third-order valence-electron chi connectivity index (χ3n) is 16.7. The highest BCUT2D eigenvalue weighted by atomic mass is 16.6. The van der Waals surface area contributed by atoms with Gasteiger partial charge >= 0.3 is 107 Å². The lowest BCUT2D eigenvalue weighted by Gasteiger charge is -2.21. The second-order valence-electron chi connectivity index (χ2n) is 23.8. The summed E-state index contributed by atoms with van der Waals surface area (Å²) < 4.78 is 14.0. The summed E-state index contributed by atoms with van der Waals surface area (Å²) in [4.78, 5) is 237. The average Bonchev–Trinajstić information content (AvgIpc) is 0.751. The van der Waals surface area contributed by atoms with Gasteiger partial charge < -0.3 is 80.6 Å². The lowest BCUT2D eigenvalue weighted by molar-refractivity contribution is 0.0342. The van der Waals surface area contributed by atoms with Crippen molar-refractivity contribution in [2.45, 2.75) is 206 Å². The van der Waals surface area contributed by atoms with Crippen molar-refractivity contribution in [2.24, 2.45) is 0 Å². The maximum absolute atomic E-state index is 14.7. The molecule has 0 amide bonds. The molecule has 34 nitrogen and oxygen atoms in total. The van der Waals surface area contributed by atoms with Crippen LogP contribution >= 0.6 is 0 Å². The van der Waals surface area contributed by atoms with Gasteiger partial charge in [0.05, 0.1) is 107 Å². The fourth-order valence-corrected chi connectivity index (χ4v) is 12.0. The number of hydrogen-bond acceptors (Lipinski definition) is 21. The van der Waals surface area contributed by atoms with Crippen LogP contribution in [0.15, 0.2) is 0 Å². The molecule has 0 aromatic heterocycles. The number of rotatable bonds is 50. The molecular weight excluding hydrogens is 1370 g/mol. The second kappa shape index (κ2) is 41.9. The van der Waals surface area contributed by atoms with Crippen molar-refractivity contribution in [3.8, 4) is 0 Å². The van der Waals surface area contributed by atoms with Crippen LogP contribution in [0.1, 0.15) is 392 Å². The Morgan fingerprint density at radius 2 is 0.291 bits per heavy atom. The van der Waals surface area contributed by atoms with Gasteiger partial charge in [0.25, 0.3) is 0 Å². The van der Waals surface area contributed by atoms with Crippen molar-refractivity contribution in [1.82, 2.24) is 0 Å². The topological polar surface area (TPSA) is 598 Å². The van der Waals surface area contributed by atoms with Crippen LogP contribution in [0.25, 0.3) is 0 Å². The minimum absolute atomic E-state index is 0.173. The molecule has 0 heterocycles. The molecule has 103 heavy (non-hydrogen) atoms. The first-order chi connectivity index (χ1) is 48.6. The molecule has 0 aliphatic carbocycles. The first-order valence-electron chi connectivity index (χ1n) is 33.1. The van der Waals surface area contributed by atoms with Crippen LogP contribution in [0, 0.1) is 0 Å². The Bertz CT molecular complexity index is 3720. The van der Waals surface area contributed by atoms with Gasteiger partial charge in [-0.1, -0.05) is 200 Å². The molecule has 13 N–H and O–H groups in total. The van der Waals surface area contributed by atoms with Gasteiger partial charge in [-0.15, -0.1) is 0 Å². The van der Waals surface area contributed by atoms with E-state index in [1.165, 1.54) is 122 Å². The van der Waals surface area contributed by atoms with Crippen molar-refractivity contribution in [1.29, 1.82) is 0 Å². The molecule has 3 aromatic carbocycles. The third kappa shape index (κ3) is 23.3. The highest BCUT2D eigenvalue weighted by Crippen LogP contribution is 2.37. The van der Waals surface area contributed by atoms with Crippen LogP contribution in [0.4, 0.5) is 0 Å². The summed E-state index contributed by atoms with van der Waals surface area (Å²) in [5.74, 6) is -51.2. The predicted octanol–water partition coefficient (Wildman–Crippen LogP) is 12.0. The molecule has 0 unspecified atom stereocenters. The fraction of sp³-hybridized carbons (Fsp3) is 0.478. The fourth-order valence-electron chi connectivity index (χ4n) is 12.0. The Morgan fingerprint density at radius 3 is 0.447 bits per heavy atom. The van der Waals surface area contributed by atoms with E-state index in [4.69, 9.17) is 4.74 Å². The standard InChI is InChI=1S/C69H80O34/c1-2-3-4-5-6-7-8-9-10-11-12-13-14-15-16-17-18-19-20-21-22-23-24-25-26-27-28-29-30-31-32-33-101-65(96)49-45(63(92)93)40(58(82)83)46(64(94)95)50(68(99)102-66(97)47-41(59(84)85)36(54(74)75)34(52(70)71)37(55(76)77)42(47)60(86)87)51(49)69(100)103-67(98)48-43(61(88)89)38(56(78)79)35(53(72)73)39(57(80)81)44(48)62(90)91/h2-33H2,1H3,(H,70,71)(H,72,73)(H,74,75)(H,76,77)(H,78,79)(H,80,81)(H,82,83)(H,84,85)(H,86,87)(H,88,89)(H,90,91)(H,92,93)(H,94,95). The highest BCUT2D eigenvalue weighted by molar-refractivity contribution is 6.29. The Balaban J connectivity index is 1.99. The summed E-state index contributed by atoms with van der Waals surface area (Å²) in [7, 11) is 0. The number of carboxylic acid groups (broad SMARTS) is 13. The number of benzene rings is 3. The molecule has 3 aromatic rings. The summed E-state index contributed by atoms with van der Waals surface area (Å²) in [5, 5.41) is 132. The third-order valence-corrected chi connectivity index (χ3v) is 16.7. The number of unbranched alkanes of at least 4 members (excludes halogenated alkanes) is 30. The van der Waals surface area contributed by atoms with Gasteiger partial charge in [-0.2, -0.15) is 0 Å². The van der Waals surface area contributed by atoms with E-state index in [1.54, 1.807) is 0 Å². The Hall–Kier alpha value is -11.5. The van der Waals surface area contributed by atoms with Gasteiger partial charge in [-0.25, -0.2) is 86.3 Å². The predicted molar refractivity (Wildman–Crippen MR) is 348 cm³/mol. The molecular formula is C69H80O34. The molecule has 0 aliphatic heterocycles. The SMILES string of the molecule is CCCCCCCCCCCCCCCCCCCCCCCCCCCCCCCCCOC(=O)c1c(C(=O)O)c(C(=O)O)c(C(=O)O)c(C(=O)OC(=O)c2c(C(=O)O)c(C(=O)O)c(C(=O)O)c(C(=O)O)c2C(=O)O)c1C(=O)OC(=O)c1c(C(=O)O)c(C(=O)O)c(C(=O)O)c(C(=O)O)c1C(=O)O. The Labute approximate surface area is 585 Å². The molecule has 0 spiro atoms. The van der Waals surface area contributed by atoms with E-state index in [1.807, 2.05) is 0 Å². The largest absolute Gasteiger partial charge is 0.478 e. The zero-order chi connectivity index (χ0) is 77.5. The van der Waals surface area contributed by atoms with Gasteiger partial charge in [0.1, 0.15) is 0 Å². The number of ether oxygens (including phenoxy) is 3. The number of carboxylic acids is 13. The molecule has 0 saturated carbocycles. The number of aromatic carboxylic acids is 13. The van der Waals surface area contributed by atoms with Gasteiger partial charge in [-0.05, 0) is 6.42 Å². The number of hydrogen-bond donors (Lipinski definition) is 13. The number of carbonyl (C=O) groups excluding carboxylic acids is 5. The van der Waals surface area contributed by atoms with Crippen LogP contribution in [-0.4, -0.2) is 180 Å². The van der Waals surface area contributed by atoms with Gasteiger partial charge in [-0.3, -0.25) is 0 Å². The van der Waals surface area contributed by atoms with Crippen LogP contribution in [-0.2, 0) is 14.2 Å². The quantitative estimate of drug-likeness (QED) is 0.0108. The minimum Gasteiger partial charge on any atom is -0.478 e. The summed E-state index contributed by atoms with van der Waals surface area (Å²) in [6.45, 7) is 1.33. The first-order valence-corrected chi connectivity index (χ1v) is 33.1. The smallest absolute Gasteiger partial charge is 0.347 e. The zero-order valence-corrected chi connectivity index (χ0v) is 56.0. The summed E-state index contributed by atoms with van der Waals surface area (Å²) >= 11 is 0. The lowest BCUT2D eigenvalue weighted by atomic mass is 9.85. The lowest BCUT2D eigenvalue weighted by Crippen LogP contribution is -2.33. The molecule has 0 radical (unpaired) electrons. The van der Waals surface area contributed by atoms with Crippen LogP contribution in [0.2, 0.25) is 0 Å². The van der Waals surface area contributed by atoms with E-state index >= 15 is 0 Å². The van der Waals surface area contributed by atoms with Crippen molar-refractivity contribution in [3.05, 3.63) is 100 Å². The zero-order valence-electron chi connectivity index (χ0n) is 56.0. The normalized spacial score (nSPS) is 10.9. The van der Waals surface area contributed by atoms with E-state index in [2.05, 4.69) is 16.4 Å². The summed E-state index contributed by atoms with van der Waals surface area (Å²) in [6.07, 6.45) is 33.7. The van der Waals surface area contributed by atoms with Crippen LogP contribution < -0.4 is 0 Å². The van der Waals surface area contributed by atoms with Crippen molar-refractivity contribution in [2.75, 3.05) is 6.61 Å². The maximum atomic E-state index is 14.7. The molecule has 560 valence electrons. The average molecular weight is 1450 g/mol. The molecule has 0 bridgehead atoms. The monoisotopic (exact) mass is 1450 g/mol. The maximum Gasteiger partial charge on any atom is 0.347 e. The van der Waals surface area contributed by atoms with Crippen molar-refractivity contribution in [3.63, 3.8) is 0 Å². The molecule has 0 aliphatic rings. The molecule has 0 fully saturated rings. The summed E-state index contributed by atoms with van der Waals surface area (Å²) in [5.41, 5.74) is -42.2. The molecule has 34 heteroatoms. The number of esters is 5. The van der Waals surface area contributed by atoms with Crippen molar-refractivity contribution < 1.29 is 167 Å². The van der Waals surface area contributed by atoms with Crippen molar-refractivity contribution >= 4 is 107 Å². The molecule has 0 atom stereocenters. The van der Waals surface area contributed by atoms with Gasteiger partial charge in [0.2, 0.25) is 0 Å². The van der Waals surface area contributed by atoms with E-state index in [0.717, 1.165) is 51.4 Å². The van der Waals surface area contributed by atoms with E-state index in [-0.39, 0.29) is 12.8 Å². The second-order valence-corrected chi connectivity index (χ2v) is 23.8.